The normalized spacial score (nSPS) is 19.3. The lowest BCUT2D eigenvalue weighted by atomic mass is 9.94. The van der Waals surface area contributed by atoms with Gasteiger partial charge in [0, 0.05) is 57.2 Å². The number of methoxy groups -OCH3 is 1. The van der Waals surface area contributed by atoms with Crippen LogP contribution in [0.4, 0.5) is 4.39 Å². The van der Waals surface area contributed by atoms with E-state index in [4.69, 9.17) is 4.74 Å². The third-order valence-corrected chi connectivity index (χ3v) is 7.59. The lowest BCUT2D eigenvalue weighted by Crippen LogP contribution is -2.54. The van der Waals surface area contributed by atoms with E-state index in [0.29, 0.717) is 31.2 Å². The van der Waals surface area contributed by atoms with E-state index >= 15 is 0 Å². The molecule has 0 bridgehead atoms. The van der Waals surface area contributed by atoms with Crippen LogP contribution in [0.3, 0.4) is 0 Å². The summed E-state index contributed by atoms with van der Waals surface area (Å²) in [6.45, 7) is 7.41. The Kier molecular flexibility index (Phi) is 8.34. The lowest BCUT2D eigenvalue weighted by Gasteiger charge is -2.41. The average Bonchev–Trinajstić information content (AvgIpc) is 3.37. The van der Waals surface area contributed by atoms with Gasteiger partial charge in [0.2, 0.25) is 5.91 Å². The van der Waals surface area contributed by atoms with Crippen LogP contribution in [0.15, 0.2) is 36.4 Å². The number of Topliss-reactive ketones (excluding diaryl/α,β-unsaturated/α-hetero) is 1. The molecule has 1 heterocycles. The van der Waals surface area contributed by atoms with Crippen LogP contribution < -0.4 is 0 Å². The fourth-order valence-corrected chi connectivity index (χ4v) is 5.57. The highest BCUT2D eigenvalue weighted by atomic mass is 19.1. The Balaban J connectivity index is 1.42. The molecule has 35 heavy (non-hydrogen) atoms. The summed E-state index contributed by atoms with van der Waals surface area (Å²) < 4.78 is 19.8. The van der Waals surface area contributed by atoms with Crippen LogP contribution >= 0.6 is 0 Å². The van der Waals surface area contributed by atoms with E-state index < -0.39 is 0 Å². The second kappa shape index (κ2) is 11.4. The van der Waals surface area contributed by atoms with Gasteiger partial charge in [-0.05, 0) is 67.1 Å². The molecule has 0 unspecified atom stereocenters. The molecule has 1 amide bonds. The number of piperazine rings is 1. The predicted octanol–water partition coefficient (Wildman–Crippen LogP) is 4.93. The number of halogens is 1. The van der Waals surface area contributed by atoms with Crippen LogP contribution in [0.1, 0.15) is 65.2 Å². The fourth-order valence-electron chi connectivity index (χ4n) is 5.57. The molecule has 1 saturated carbocycles. The number of carbonyl (C=O) groups is 2. The molecule has 2 aromatic carbocycles. The maximum Gasteiger partial charge on any atom is 0.226 e. The van der Waals surface area contributed by atoms with Crippen LogP contribution in [-0.2, 0) is 29.1 Å². The summed E-state index contributed by atoms with van der Waals surface area (Å²) in [4.78, 5) is 30.2. The van der Waals surface area contributed by atoms with Crippen LogP contribution in [0.5, 0.6) is 0 Å². The Hall–Kier alpha value is -2.57. The van der Waals surface area contributed by atoms with Crippen molar-refractivity contribution in [2.45, 2.75) is 65.1 Å². The molecule has 188 valence electrons. The van der Waals surface area contributed by atoms with E-state index in [0.717, 1.165) is 61.0 Å². The zero-order valence-corrected chi connectivity index (χ0v) is 21.2. The number of amides is 1. The first-order valence-corrected chi connectivity index (χ1v) is 12.8. The molecule has 4 rings (SSSR count). The number of benzene rings is 2. The van der Waals surface area contributed by atoms with E-state index in [2.05, 4.69) is 11.8 Å². The summed E-state index contributed by atoms with van der Waals surface area (Å²) in [5.41, 5.74) is 4.15. The van der Waals surface area contributed by atoms with Gasteiger partial charge in [-0.1, -0.05) is 31.0 Å². The molecule has 1 atom stereocenters. The van der Waals surface area contributed by atoms with Gasteiger partial charge in [0.1, 0.15) is 5.82 Å². The van der Waals surface area contributed by atoms with Crippen molar-refractivity contribution in [3.05, 3.63) is 70.0 Å². The molecule has 1 aliphatic carbocycles. The molecule has 2 aliphatic rings. The van der Waals surface area contributed by atoms with E-state index in [1.165, 1.54) is 6.07 Å². The van der Waals surface area contributed by atoms with Crippen molar-refractivity contribution >= 4 is 11.7 Å². The molecule has 6 heteroatoms. The van der Waals surface area contributed by atoms with Crippen LogP contribution in [0, 0.1) is 18.7 Å². The van der Waals surface area contributed by atoms with Crippen LogP contribution in [0.2, 0.25) is 0 Å². The number of hydrogen-bond donors (Lipinski definition) is 0. The highest BCUT2D eigenvalue weighted by molar-refractivity contribution is 5.97. The van der Waals surface area contributed by atoms with Gasteiger partial charge in [0.15, 0.2) is 5.78 Å². The Labute approximate surface area is 208 Å². The molecule has 2 aromatic rings. The highest BCUT2D eigenvalue weighted by Crippen LogP contribution is 2.28. The first kappa shape index (κ1) is 25.5. The topological polar surface area (TPSA) is 49.9 Å². The maximum absolute atomic E-state index is 14.6. The Morgan fingerprint density at radius 2 is 1.83 bits per heavy atom. The predicted molar refractivity (Wildman–Crippen MR) is 135 cm³/mol. The average molecular weight is 481 g/mol. The molecule has 0 N–H and O–H groups in total. The van der Waals surface area contributed by atoms with E-state index in [9.17, 15) is 14.0 Å². The molecule has 2 fully saturated rings. The van der Waals surface area contributed by atoms with Crippen molar-refractivity contribution in [3.8, 4) is 0 Å². The third-order valence-electron chi connectivity index (χ3n) is 7.59. The fraction of sp³-hybridized carbons (Fsp3) is 0.517. The maximum atomic E-state index is 14.6. The first-order valence-electron chi connectivity index (χ1n) is 12.8. The van der Waals surface area contributed by atoms with E-state index in [-0.39, 0.29) is 30.0 Å². The minimum absolute atomic E-state index is 0.0322. The van der Waals surface area contributed by atoms with Crippen LogP contribution in [-0.4, -0.2) is 54.3 Å². The second-order valence-electron chi connectivity index (χ2n) is 10.2. The monoisotopic (exact) mass is 480 g/mol. The number of ether oxygens (including phenoxy) is 1. The largest absolute Gasteiger partial charge is 0.380 e. The quantitative estimate of drug-likeness (QED) is 0.503. The SMILES string of the molecule is COCc1cccc(C(=O)Cc2cc(F)cc(CN3CCN(C(=O)C4CCCC4)[C@@H](C)C3)c2C)c1. The molecule has 1 saturated heterocycles. The van der Waals surface area contributed by atoms with Gasteiger partial charge in [0.05, 0.1) is 6.61 Å². The highest BCUT2D eigenvalue weighted by Gasteiger charge is 2.33. The number of ketones is 1. The zero-order valence-electron chi connectivity index (χ0n) is 21.2. The van der Waals surface area contributed by atoms with Crippen molar-refractivity contribution in [1.82, 2.24) is 9.80 Å². The summed E-state index contributed by atoms with van der Waals surface area (Å²) in [5.74, 6) is 0.164. The molecule has 1 aliphatic heterocycles. The van der Waals surface area contributed by atoms with Crippen molar-refractivity contribution < 1.29 is 18.7 Å². The summed E-state index contributed by atoms with van der Waals surface area (Å²) in [5, 5.41) is 0. The van der Waals surface area contributed by atoms with Crippen molar-refractivity contribution in [2.75, 3.05) is 26.7 Å². The van der Waals surface area contributed by atoms with E-state index in [1.54, 1.807) is 19.2 Å². The lowest BCUT2D eigenvalue weighted by molar-refractivity contribution is -0.140. The minimum atomic E-state index is -0.315. The van der Waals surface area contributed by atoms with Crippen molar-refractivity contribution in [3.63, 3.8) is 0 Å². The summed E-state index contributed by atoms with van der Waals surface area (Å²) in [6, 6.07) is 10.6. The third kappa shape index (κ3) is 6.17. The van der Waals surface area contributed by atoms with Gasteiger partial charge < -0.3 is 9.64 Å². The number of carbonyl (C=O) groups excluding carboxylic acids is 2. The van der Waals surface area contributed by atoms with Crippen LogP contribution in [0.25, 0.3) is 0 Å². The molecule has 0 aromatic heterocycles. The van der Waals surface area contributed by atoms with Gasteiger partial charge in [-0.15, -0.1) is 0 Å². The second-order valence-corrected chi connectivity index (χ2v) is 10.2. The Bertz CT molecular complexity index is 1060. The zero-order chi connectivity index (χ0) is 24.9. The standard InChI is InChI=1S/C29H37FN2O3/c1-20-17-31(11-12-32(20)29(34)23-8-4-5-9-23)18-26-15-27(30)14-25(21(26)2)16-28(33)24-10-6-7-22(13-24)19-35-3/h6-7,10,13-15,20,23H,4-5,8-9,11-12,16-19H2,1-3H3/t20-/m0/s1. The van der Waals surface area contributed by atoms with Crippen molar-refractivity contribution in [2.24, 2.45) is 5.92 Å². The number of rotatable bonds is 8. The summed E-state index contributed by atoms with van der Waals surface area (Å²) in [6.07, 6.45) is 4.52. The smallest absolute Gasteiger partial charge is 0.226 e. The van der Waals surface area contributed by atoms with Crippen molar-refractivity contribution in [1.29, 1.82) is 0 Å². The molecule has 5 nitrogen and oxygen atoms in total. The summed E-state index contributed by atoms with van der Waals surface area (Å²) >= 11 is 0. The minimum Gasteiger partial charge on any atom is -0.380 e. The Morgan fingerprint density at radius 3 is 2.54 bits per heavy atom. The molecule has 0 spiro atoms. The number of hydrogen-bond acceptors (Lipinski definition) is 4. The number of nitrogens with zero attached hydrogens (tertiary/aromatic N) is 2. The van der Waals surface area contributed by atoms with Gasteiger partial charge >= 0.3 is 0 Å². The van der Waals surface area contributed by atoms with Gasteiger partial charge in [-0.3, -0.25) is 14.5 Å². The molecular formula is C29H37FN2O3. The molecule has 0 radical (unpaired) electrons. The summed E-state index contributed by atoms with van der Waals surface area (Å²) in [7, 11) is 1.63. The molecular weight excluding hydrogens is 443 g/mol. The van der Waals surface area contributed by atoms with Gasteiger partial charge in [-0.2, -0.15) is 0 Å². The van der Waals surface area contributed by atoms with Gasteiger partial charge in [0.25, 0.3) is 0 Å². The first-order chi connectivity index (χ1) is 16.9. The van der Waals surface area contributed by atoms with E-state index in [1.807, 2.05) is 30.0 Å². The van der Waals surface area contributed by atoms with Gasteiger partial charge in [-0.25, -0.2) is 4.39 Å². The Morgan fingerprint density at radius 1 is 1.09 bits per heavy atom.